The number of sulfonamides is 1. The molecule has 10 N–H and O–H groups in total. The van der Waals surface area contributed by atoms with Gasteiger partial charge in [-0.1, -0.05) is 120 Å². The summed E-state index contributed by atoms with van der Waals surface area (Å²) in [5.41, 5.74) is 0.196. The number of carboxylic acid groups (broad SMARTS) is 1. The highest BCUT2D eigenvalue weighted by Crippen LogP contribution is 2.33. The van der Waals surface area contributed by atoms with Gasteiger partial charge in [-0.05, 0) is 116 Å². The number of carbonyl (C=O) groups is 10. The summed E-state index contributed by atoms with van der Waals surface area (Å²) in [5, 5.41) is 42.8. The van der Waals surface area contributed by atoms with Crippen LogP contribution in [-0.4, -0.2) is 210 Å². The predicted octanol–water partition coefficient (Wildman–Crippen LogP) is 2.04. The minimum atomic E-state index is -4.11. The van der Waals surface area contributed by atoms with E-state index in [1.165, 1.54) is 21.4 Å². The van der Waals surface area contributed by atoms with Gasteiger partial charge >= 0.3 is 5.97 Å². The molecule has 0 spiro atoms. The van der Waals surface area contributed by atoms with Crippen LogP contribution in [0.2, 0.25) is 0 Å². The van der Waals surface area contributed by atoms with Crippen LogP contribution in [0, 0.1) is 10.8 Å². The van der Waals surface area contributed by atoms with Crippen LogP contribution < -0.4 is 56.7 Å². The summed E-state index contributed by atoms with van der Waals surface area (Å²) in [5.74, 6) is -6.88. The van der Waals surface area contributed by atoms with Gasteiger partial charge in [-0.15, -0.1) is 5.10 Å². The van der Waals surface area contributed by atoms with Crippen LogP contribution in [0.1, 0.15) is 116 Å². The fourth-order valence-electron chi connectivity index (χ4n) is 12.5. The molecule has 7 aliphatic rings. The molecule has 105 heavy (non-hydrogen) atoms. The average molecular weight is 1470 g/mol. The lowest BCUT2D eigenvalue weighted by atomic mass is 9.85. The van der Waals surface area contributed by atoms with Gasteiger partial charge in [0.15, 0.2) is 0 Å². The Morgan fingerprint density at radius 3 is 1.77 bits per heavy atom. The zero-order valence-corrected chi connectivity index (χ0v) is 61.9. The second-order valence-corrected chi connectivity index (χ2v) is 31.5. The Morgan fingerprint density at radius 1 is 0.648 bits per heavy atom. The van der Waals surface area contributed by atoms with E-state index in [9.17, 15) is 51.9 Å². The molecule has 1 saturated carbocycles. The van der Waals surface area contributed by atoms with Gasteiger partial charge in [-0.25, -0.2) is 17.9 Å². The van der Waals surface area contributed by atoms with Crippen molar-refractivity contribution < 1.29 is 75.7 Å². The third-order valence-corrected chi connectivity index (χ3v) is 21.1. The lowest BCUT2D eigenvalue weighted by molar-refractivity contribution is -0.145. The number of hydrogen-bond acceptors (Lipinski definition) is 19. The molecule has 5 aromatic rings. The summed E-state index contributed by atoms with van der Waals surface area (Å²) < 4.78 is 48.3. The highest BCUT2D eigenvalue weighted by molar-refractivity contribution is 7.91. The number of nitrogens with zero attached hydrogens (tertiary/aromatic N) is 5. The number of aromatic nitrogens is 3. The Balaban J connectivity index is 1.02. The highest BCUT2D eigenvalue weighted by Gasteiger charge is 2.49. The fourth-order valence-corrected chi connectivity index (χ4v) is 13.9. The number of aliphatic carboxylic acids is 1. The largest absolute Gasteiger partial charge is 0.490 e. The number of carboxylic acids is 1. The van der Waals surface area contributed by atoms with E-state index in [0.717, 1.165) is 10.8 Å². The highest BCUT2D eigenvalue weighted by atomic mass is 32.2. The van der Waals surface area contributed by atoms with E-state index < -0.39 is 158 Å². The molecular weight excluding hydrogens is 1370 g/mol. The maximum Gasteiger partial charge on any atom is 0.326 e. The first-order chi connectivity index (χ1) is 49.7. The number of rotatable bonds is 14. The Kier molecular flexibility index (Phi) is 26.0. The minimum Gasteiger partial charge on any atom is -0.490 e. The topological polar surface area (TPSA) is 398 Å². The molecule has 10 bridgehead atoms. The lowest BCUT2D eigenvalue weighted by Crippen LogP contribution is -2.60. The molecule has 4 aromatic carbocycles. The molecule has 12 rings (SSSR count). The van der Waals surface area contributed by atoms with E-state index in [4.69, 9.17) is 14.2 Å². The van der Waals surface area contributed by atoms with E-state index in [2.05, 4.69) is 57.6 Å². The zero-order chi connectivity index (χ0) is 76.2. The van der Waals surface area contributed by atoms with Crippen molar-refractivity contribution in [2.45, 2.75) is 192 Å². The Morgan fingerprint density at radius 2 is 1.19 bits per heavy atom. The molecule has 9 amide bonds. The SMILES string of the molecule is CN[C@@H](C)C(=O)N[C@H](C(=O)N1CC2CC1C(=O)N[C@@H](C)C(=O)N[C@H](C(=O)NS(=O)(=O)C1CC1)Cc1ccc(cc1)OCc1cn(nn1)C1C[C@@H](C(=O)N[C@@H](Cc3ccc4ccccc4c3)C(=O)N[C@H](C(=O)O)Cc3ccc(cc3)OC/C=C/CO2)N(C(=O)[C@@H](NC(=O)[C@H](C)NC)C(C)(C)C)C1)C(C)(C)C. The number of ether oxygens (including phenoxy) is 3. The van der Waals surface area contributed by atoms with Crippen LogP contribution in [0.5, 0.6) is 11.5 Å². The monoisotopic (exact) mass is 1470 g/mol. The third kappa shape index (κ3) is 21.0. The molecule has 3 unspecified atom stereocenters. The standard InChI is InChI=1S/C74H98N14O16S/c1-42(75-10)63(89)81-61(73(4,5)6)70(96)86-39-51-36-59(86)69(95)79-56(35-47-18-23-48-16-12-13-17-49(48)32-47)66(92)80-58(72(98)99)34-46-19-24-52(25-20-46)102-30-14-15-31-103-54-37-60(87(40-54)71(97)62(74(7,8)9)82-64(90)43(2)76-11)68(94)77-44(3)65(91)78-57(67(93)84-105(100,101)55-28-29-55)33-45-21-26-53(27-22-45)104-41-50-38-88(51)85-83-50/h12-27,32,38,42-44,51,54-62,75-76H,28-31,33-37,39-41H2,1-11H3,(H,77,94)(H,78,91)(H,79,95)(H,80,92)(H,81,89)(H,82,90)(H,84,93)(H,98,99)/b15-14+/t42-,43-,44-,51?,54?,56-,57-,58-,59-,60?,61+,62+/m0/s1. The summed E-state index contributed by atoms with van der Waals surface area (Å²) in [6, 6.07) is 13.5. The first-order valence-corrected chi connectivity index (χ1v) is 36.9. The van der Waals surface area contributed by atoms with Gasteiger partial charge in [0.05, 0.1) is 42.3 Å². The average Bonchev–Trinajstić information content (AvgIpc) is 1.68. The van der Waals surface area contributed by atoms with Crippen molar-refractivity contribution in [2.24, 2.45) is 10.8 Å². The minimum absolute atomic E-state index is 0.00460. The van der Waals surface area contributed by atoms with Gasteiger partial charge in [0, 0.05) is 45.2 Å². The van der Waals surface area contributed by atoms with Gasteiger partial charge in [-0.2, -0.15) is 0 Å². The molecule has 7 heterocycles. The number of amides is 9. The van der Waals surface area contributed by atoms with Crippen LogP contribution in [-0.2, 0) is 88.6 Å². The van der Waals surface area contributed by atoms with Crippen molar-refractivity contribution in [3.8, 4) is 11.5 Å². The number of nitrogens with one attached hydrogen (secondary N) is 9. The van der Waals surface area contributed by atoms with Gasteiger partial charge in [-0.3, -0.25) is 47.9 Å². The molecule has 2 saturated heterocycles. The number of likely N-dealkylation sites (tertiary alicyclic amines) is 2. The number of hydrogen-bond donors (Lipinski definition) is 10. The van der Waals surface area contributed by atoms with Gasteiger partial charge in [0.1, 0.15) is 78.7 Å². The number of carbonyl (C=O) groups excluding carboxylic acids is 9. The van der Waals surface area contributed by atoms with E-state index in [-0.39, 0.29) is 65.0 Å². The second-order valence-electron chi connectivity index (χ2n) is 29.5. The predicted molar refractivity (Wildman–Crippen MR) is 387 cm³/mol. The molecule has 1 aliphatic carbocycles. The first kappa shape index (κ1) is 79.3. The van der Waals surface area contributed by atoms with Gasteiger partial charge in [0.25, 0.3) is 5.91 Å². The molecule has 1 aromatic heterocycles. The molecule has 566 valence electrons. The quantitative estimate of drug-likeness (QED) is 0.0711. The second kappa shape index (κ2) is 34.4. The van der Waals surface area contributed by atoms with Gasteiger partial charge in [0.2, 0.25) is 57.3 Å². The summed E-state index contributed by atoms with van der Waals surface area (Å²) in [4.78, 5) is 145. The van der Waals surface area contributed by atoms with Crippen LogP contribution in [0.3, 0.4) is 0 Å². The van der Waals surface area contributed by atoms with Crippen LogP contribution in [0.4, 0.5) is 0 Å². The molecule has 12 atom stereocenters. The van der Waals surface area contributed by atoms with Crippen molar-refractivity contribution in [1.29, 1.82) is 0 Å². The van der Waals surface area contributed by atoms with E-state index in [1.807, 2.05) is 42.5 Å². The molecule has 3 fully saturated rings. The van der Waals surface area contributed by atoms with Gasteiger partial charge < -0.3 is 71.7 Å². The van der Waals surface area contributed by atoms with Crippen LogP contribution in [0.25, 0.3) is 10.8 Å². The van der Waals surface area contributed by atoms with E-state index in [1.54, 1.807) is 136 Å². The summed E-state index contributed by atoms with van der Waals surface area (Å²) >= 11 is 0. The summed E-state index contributed by atoms with van der Waals surface area (Å²) in [6.07, 6.45) is 4.36. The van der Waals surface area contributed by atoms with Crippen molar-refractivity contribution >= 4 is 79.9 Å². The molecule has 31 heteroatoms. The van der Waals surface area contributed by atoms with Crippen molar-refractivity contribution in [3.05, 3.63) is 132 Å². The fraction of sp³-hybridized carbons (Fsp3) is 0.514. The van der Waals surface area contributed by atoms with Crippen molar-refractivity contribution in [1.82, 2.24) is 72.1 Å². The maximum absolute atomic E-state index is 15.2. The Labute approximate surface area is 611 Å². The third-order valence-electron chi connectivity index (χ3n) is 19.2. The smallest absolute Gasteiger partial charge is 0.326 e. The van der Waals surface area contributed by atoms with Crippen LogP contribution >= 0.6 is 0 Å². The molecule has 6 aliphatic heterocycles. The number of benzene rings is 4. The molecular formula is C74H98N14O16S. The molecule has 30 nitrogen and oxygen atoms in total. The summed E-state index contributed by atoms with van der Waals surface area (Å²) in [6.45, 7) is 15.0. The maximum atomic E-state index is 15.2. The zero-order valence-electron chi connectivity index (χ0n) is 61.1. The van der Waals surface area contributed by atoms with E-state index >= 15 is 9.59 Å². The first-order valence-electron chi connectivity index (χ1n) is 35.3. The number of fused-ring (bicyclic) bond motifs is 1. The molecule has 0 radical (unpaired) electrons. The Hall–Kier alpha value is -9.85. The number of likely N-dealkylation sites (N-methyl/N-ethyl adjacent to an activating group) is 2. The summed E-state index contributed by atoms with van der Waals surface area (Å²) in [7, 11) is -0.905. The van der Waals surface area contributed by atoms with E-state index in [0.29, 0.717) is 46.7 Å². The normalized spacial score (nSPS) is 23.6. The van der Waals surface area contributed by atoms with Crippen molar-refractivity contribution in [3.63, 3.8) is 0 Å². The van der Waals surface area contributed by atoms with Crippen LogP contribution in [0.15, 0.2) is 109 Å². The lowest BCUT2D eigenvalue weighted by Gasteiger charge is -2.36. The van der Waals surface area contributed by atoms with Crippen molar-refractivity contribution in [2.75, 3.05) is 40.4 Å². The Bertz CT molecular complexity index is 4140.